The van der Waals surface area contributed by atoms with Gasteiger partial charge in [-0.1, -0.05) is 18.2 Å². The van der Waals surface area contributed by atoms with Crippen LogP contribution in [0.4, 0.5) is 0 Å². The molecular formula is C12H15S+. The molecule has 0 unspecified atom stereocenters. The van der Waals surface area contributed by atoms with Gasteiger partial charge >= 0.3 is 0 Å². The fraction of sp³-hybridized carbons (Fsp3) is 0.500. The molecule has 1 heteroatoms. The first kappa shape index (κ1) is 7.93. The standard InChI is InChI=1S/C12H15S/c1-2-4-10(5-3-1)13-11-6-7-12(13)9-8-11/h1-5,11-12H,6-9H2/q+1. The van der Waals surface area contributed by atoms with Crippen molar-refractivity contribution in [2.45, 2.75) is 41.1 Å². The minimum absolute atomic E-state index is 0.631. The van der Waals surface area contributed by atoms with Gasteiger partial charge in [0.25, 0.3) is 0 Å². The minimum Gasteiger partial charge on any atom is -0.0619 e. The number of rotatable bonds is 1. The Hall–Kier alpha value is -0.430. The summed E-state index contributed by atoms with van der Waals surface area (Å²) in [5.74, 6) is 0. The molecule has 3 rings (SSSR count). The van der Waals surface area contributed by atoms with E-state index in [1.54, 1.807) is 4.90 Å². The Morgan fingerprint density at radius 1 is 0.846 bits per heavy atom. The molecular weight excluding hydrogens is 176 g/mol. The molecule has 0 saturated carbocycles. The van der Waals surface area contributed by atoms with Gasteiger partial charge in [-0.25, -0.2) is 0 Å². The highest BCUT2D eigenvalue weighted by Gasteiger charge is 2.51. The maximum Gasteiger partial charge on any atom is 0.155 e. The molecule has 2 aliphatic heterocycles. The van der Waals surface area contributed by atoms with Crippen molar-refractivity contribution in [3.8, 4) is 0 Å². The molecule has 0 atom stereocenters. The smallest absolute Gasteiger partial charge is 0.0619 e. The first-order chi connectivity index (χ1) is 6.45. The highest BCUT2D eigenvalue weighted by Crippen LogP contribution is 2.45. The Kier molecular flexibility index (Phi) is 1.86. The Balaban J connectivity index is 1.94. The Labute approximate surface area is 82.7 Å². The molecule has 2 bridgehead atoms. The summed E-state index contributed by atoms with van der Waals surface area (Å²) in [6.07, 6.45) is 6.01. The lowest BCUT2D eigenvalue weighted by atomic mass is 10.0. The SMILES string of the molecule is c1ccc([S+]2C3CCC2CC3)cc1. The highest BCUT2D eigenvalue weighted by atomic mass is 32.2. The molecule has 0 spiro atoms. The molecule has 0 aromatic heterocycles. The third-order valence-electron chi connectivity index (χ3n) is 3.35. The maximum absolute atomic E-state index is 2.33. The third-order valence-corrected chi connectivity index (χ3v) is 6.55. The van der Waals surface area contributed by atoms with Crippen LogP contribution in [-0.2, 0) is 10.9 Å². The molecule has 68 valence electrons. The van der Waals surface area contributed by atoms with Crippen molar-refractivity contribution in [1.29, 1.82) is 0 Å². The van der Waals surface area contributed by atoms with Crippen LogP contribution < -0.4 is 0 Å². The van der Waals surface area contributed by atoms with E-state index in [9.17, 15) is 0 Å². The lowest BCUT2D eigenvalue weighted by Crippen LogP contribution is -2.13. The predicted molar refractivity (Wildman–Crippen MR) is 58.1 cm³/mol. The van der Waals surface area contributed by atoms with E-state index >= 15 is 0 Å². The van der Waals surface area contributed by atoms with Gasteiger partial charge in [-0.3, -0.25) is 0 Å². The van der Waals surface area contributed by atoms with Gasteiger partial charge in [0.2, 0.25) is 0 Å². The monoisotopic (exact) mass is 191 g/mol. The predicted octanol–water partition coefficient (Wildman–Crippen LogP) is 2.99. The van der Waals surface area contributed by atoms with E-state index in [1.807, 2.05) is 0 Å². The molecule has 2 aliphatic rings. The normalized spacial score (nSPS) is 36.8. The summed E-state index contributed by atoms with van der Waals surface area (Å²) in [5, 5.41) is 2.10. The zero-order chi connectivity index (χ0) is 8.67. The summed E-state index contributed by atoms with van der Waals surface area (Å²) in [7, 11) is 0.631. The van der Waals surface area contributed by atoms with Crippen molar-refractivity contribution < 1.29 is 0 Å². The Morgan fingerprint density at radius 2 is 1.38 bits per heavy atom. The molecule has 2 fully saturated rings. The van der Waals surface area contributed by atoms with Gasteiger partial charge in [-0.2, -0.15) is 0 Å². The van der Waals surface area contributed by atoms with Gasteiger partial charge in [0.05, 0.1) is 0 Å². The second-order valence-corrected chi connectivity index (χ2v) is 6.63. The van der Waals surface area contributed by atoms with E-state index in [1.165, 1.54) is 25.7 Å². The average molecular weight is 191 g/mol. The van der Waals surface area contributed by atoms with Crippen molar-refractivity contribution >= 4 is 10.9 Å². The van der Waals surface area contributed by atoms with Gasteiger partial charge in [0, 0.05) is 36.6 Å². The molecule has 2 saturated heterocycles. The number of hydrogen-bond acceptors (Lipinski definition) is 0. The van der Waals surface area contributed by atoms with E-state index in [2.05, 4.69) is 30.3 Å². The third kappa shape index (κ3) is 1.21. The molecule has 1 aromatic rings. The van der Waals surface area contributed by atoms with Crippen LogP contribution in [0.2, 0.25) is 0 Å². The van der Waals surface area contributed by atoms with E-state index < -0.39 is 0 Å². The van der Waals surface area contributed by atoms with E-state index in [0.29, 0.717) is 10.9 Å². The number of benzene rings is 1. The summed E-state index contributed by atoms with van der Waals surface area (Å²) in [4.78, 5) is 1.63. The number of hydrogen-bond donors (Lipinski definition) is 0. The highest BCUT2D eigenvalue weighted by molar-refractivity contribution is 7.98. The summed E-state index contributed by atoms with van der Waals surface area (Å²) in [6, 6.07) is 11.2. The van der Waals surface area contributed by atoms with Crippen LogP contribution in [0.5, 0.6) is 0 Å². The quantitative estimate of drug-likeness (QED) is 0.599. The topological polar surface area (TPSA) is 0 Å². The lowest BCUT2D eigenvalue weighted by Gasteiger charge is -2.04. The fourth-order valence-corrected chi connectivity index (χ4v) is 6.12. The zero-order valence-corrected chi connectivity index (χ0v) is 8.59. The summed E-state index contributed by atoms with van der Waals surface area (Å²) >= 11 is 0. The van der Waals surface area contributed by atoms with Crippen LogP contribution in [0, 0.1) is 0 Å². The van der Waals surface area contributed by atoms with Crippen molar-refractivity contribution in [1.82, 2.24) is 0 Å². The van der Waals surface area contributed by atoms with Crippen molar-refractivity contribution in [2.75, 3.05) is 0 Å². The molecule has 0 radical (unpaired) electrons. The largest absolute Gasteiger partial charge is 0.155 e. The summed E-state index contributed by atoms with van der Waals surface area (Å²) in [6.45, 7) is 0. The zero-order valence-electron chi connectivity index (χ0n) is 7.78. The Morgan fingerprint density at radius 3 is 1.92 bits per heavy atom. The molecule has 0 amide bonds. The lowest BCUT2D eigenvalue weighted by molar-refractivity contribution is 0.576. The van der Waals surface area contributed by atoms with Gasteiger partial charge in [0.15, 0.2) is 4.90 Å². The van der Waals surface area contributed by atoms with Crippen molar-refractivity contribution in [2.24, 2.45) is 0 Å². The fourth-order valence-electron chi connectivity index (χ4n) is 2.77. The van der Waals surface area contributed by atoms with Crippen molar-refractivity contribution in [3.05, 3.63) is 30.3 Å². The van der Waals surface area contributed by atoms with E-state index in [-0.39, 0.29) is 0 Å². The van der Waals surface area contributed by atoms with Gasteiger partial charge in [-0.15, -0.1) is 0 Å². The second-order valence-electron chi connectivity index (χ2n) is 4.08. The van der Waals surface area contributed by atoms with Crippen LogP contribution in [0.1, 0.15) is 25.7 Å². The first-order valence-electron chi connectivity index (χ1n) is 5.22. The van der Waals surface area contributed by atoms with E-state index in [0.717, 1.165) is 10.5 Å². The second kappa shape index (κ2) is 3.06. The van der Waals surface area contributed by atoms with Gasteiger partial charge in [0.1, 0.15) is 10.5 Å². The number of fused-ring (bicyclic) bond motifs is 2. The van der Waals surface area contributed by atoms with Crippen LogP contribution in [0.3, 0.4) is 0 Å². The molecule has 0 aliphatic carbocycles. The molecule has 0 N–H and O–H groups in total. The Bertz CT molecular complexity index is 273. The molecule has 2 heterocycles. The van der Waals surface area contributed by atoms with Gasteiger partial charge < -0.3 is 0 Å². The summed E-state index contributed by atoms with van der Waals surface area (Å²) < 4.78 is 0. The molecule has 13 heavy (non-hydrogen) atoms. The van der Waals surface area contributed by atoms with Crippen LogP contribution in [0.25, 0.3) is 0 Å². The minimum atomic E-state index is 0.631. The average Bonchev–Trinajstić information content (AvgIpc) is 2.78. The first-order valence-corrected chi connectivity index (χ1v) is 6.57. The van der Waals surface area contributed by atoms with Crippen molar-refractivity contribution in [3.63, 3.8) is 0 Å². The van der Waals surface area contributed by atoms with Crippen LogP contribution in [0.15, 0.2) is 35.2 Å². The van der Waals surface area contributed by atoms with Crippen LogP contribution in [-0.4, -0.2) is 10.5 Å². The molecule has 0 nitrogen and oxygen atoms in total. The summed E-state index contributed by atoms with van der Waals surface area (Å²) in [5.41, 5.74) is 0. The van der Waals surface area contributed by atoms with Crippen LogP contribution >= 0.6 is 0 Å². The maximum atomic E-state index is 2.33. The molecule has 1 aromatic carbocycles. The van der Waals surface area contributed by atoms with Gasteiger partial charge in [-0.05, 0) is 12.1 Å². The van der Waals surface area contributed by atoms with E-state index in [4.69, 9.17) is 0 Å².